The molecule has 40 heavy (non-hydrogen) atoms. The van der Waals surface area contributed by atoms with E-state index in [2.05, 4.69) is 25.0 Å². The number of carbonyl (C=O) groups is 1. The molecule has 1 N–H and O–H groups in total. The van der Waals surface area contributed by atoms with Crippen LogP contribution in [0.2, 0.25) is 20.1 Å². The lowest BCUT2D eigenvalue weighted by atomic mass is 10.0. The number of anilines is 1. The Bertz CT molecular complexity index is 1360. The number of halogens is 5. The monoisotopic (exact) mass is 623 g/mol. The lowest BCUT2D eigenvalue weighted by molar-refractivity contribution is 0.0950. The molecule has 2 aromatic carbocycles. The first-order valence-corrected chi connectivity index (χ1v) is 14.8. The van der Waals surface area contributed by atoms with Crippen LogP contribution in [0.25, 0.3) is 0 Å². The number of aromatic nitrogens is 1. The first-order chi connectivity index (χ1) is 19.3. The number of piperidine rings is 1. The van der Waals surface area contributed by atoms with Gasteiger partial charge in [-0.2, -0.15) is 0 Å². The summed E-state index contributed by atoms with van der Waals surface area (Å²) in [6, 6.07) is 12.5. The smallest absolute Gasteiger partial charge is 0.253 e. The van der Waals surface area contributed by atoms with Crippen LogP contribution in [0.3, 0.4) is 0 Å². The van der Waals surface area contributed by atoms with Crippen molar-refractivity contribution < 1.29 is 9.18 Å². The number of nitrogens with one attached hydrogen (secondary N) is 1. The SMILES string of the molecule is O=C(NCc1ccc(Cl)c(Cl)c1)c1cnc(N2CCN(C3CCN(Cc4ccc(Cl)c(F)c4)CC3)CC2)c(Cl)c1. The van der Waals surface area contributed by atoms with Gasteiger partial charge in [-0.05, 0) is 67.4 Å². The summed E-state index contributed by atoms with van der Waals surface area (Å²) in [5.74, 6) is 0.0797. The first-order valence-electron chi connectivity index (χ1n) is 13.3. The highest BCUT2D eigenvalue weighted by Crippen LogP contribution is 2.28. The molecule has 1 amide bonds. The van der Waals surface area contributed by atoms with Crippen molar-refractivity contribution >= 4 is 58.1 Å². The van der Waals surface area contributed by atoms with Gasteiger partial charge in [0.25, 0.3) is 5.91 Å². The van der Waals surface area contributed by atoms with E-state index in [9.17, 15) is 9.18 Å². The predicted octanol–water partition coefficient (Wildman–Crippen LogP) is 6.55. The Morgan fingerprint density at radius 1 is 0.850 bits per heavy atom. The van der Waals surface area contributed by atoms with Crippen LogP contribution in [0.1, 0.15) is 34.3 Å². The molecule has 11 heteroatoms. The molecule has 1 aromatic heterocycles. The number of rotatable bonds is 7. The molecule has 0 unspecified atom stereocenters. The summed E-state index contributed by atoms with van der Waals surface area (Å²) in [5.41, 5.74) is 2.20. The number of hydrogen-bond donors (Lipinski definition) is 1. The second-order valence-electron chi connectivity index (χ2n) is 10.2. The zero-order valence-corrected chi connectivity index (χ0v) is 24.9. The molecule has 2 aliphatic heterocycles. The standard InChI is InChI=1S/C29H30Cl4FN5O/c30-23-3-1-19(13-25(23)32)16-36-29(40)21-15-26(33)28(35-17-21)39-11-9-38(10-12-39)22-5-7-37(8-6-22)18-20-2-4-24(31)27(34)14-20/h1-4,13-15,17,22H,5-12,16,18H2,(H,36,40). The highest BCUT2D eigenvalue weighted by atomic mass is 35.5. The van der Waals surface area contributed by atoms with Gasteiger partial charge in [-0.1, -0.05) is 58.5 Å². The molecule has 3 aromatic rings. The summed E-state index contributed by atoms with van der Waals surface area (Å²) < 4.78 is 13.8. The van der Waals surface area contributed by atoms with Crippen molar-refractivity contribution in [2.45, 2.75) is 32.0 Å². The third-order valence-corrected chi connectivity index (χ3v) is 8.92. The Morgan fingerprint density at radius 3 is 2.23 bits per heavy atom. The largest absolute Gasteiger partial charge is 0.353 e. The second kappa shape index (κ2) is 13.2. The summed E-state index contributed by atoms with van der Waals surface area (Å²) in [7, 11) is 0. The molecule has 0 bridgehead atoms. The number of nitrogens with zero attached hydrogens (tertiary/aromatic N) is 4. The van der Waals surface area contributed by atoms with Gasteiger partial charge in [0, 0.05) is 51.5 Å². The Morgan fingerprint density at radius 2 is 1.55 bits per heavy atom. The molecule has 5 rings (SSSR count). The molecule has 0 spiro atoms. The van der Waals surface area contributed by atoms with E-state index < -0.39 is 0 Å². The summed E-state index contributed by atoms with van der Waals surface area (Å²) in [6.07, 6.45) is 3.74. The third kappa shape index (κ3) is 7.19. The van der Waals surface area contributed by atoms with Crippen molar-refractivity contribution in [2.24, 2.45) is 0 Å². The van der Waals surface area contributed by atoms with Crippen LogP contribution in [-0.2, 0) is 13.1 Å². The van der Waals surface area contributed by atoms with E-state index in [1.807, 2.05) is 12.1 Å². The molecule has 212 valence electrons. The van der Waals surface area contributed by atoms with Crippen LogP contribution < -0.4 is 10.2 Å². The molecule has 2 aliphatic rings. The van der Waals surface area contributed by atoms with Gasteiger partial charge in [0.15, 0.2) is 0 Å². The topological polar surface area (TPSA) is 51.7 Å². The van der Waals surface area contributed by atoms with Crippen molar-refractivity contribution in [3.05, 3.63) is 91.3 Å². The van der Waals surface area contributed by atoms with Crippen molar-refractivity contribution in [3.8, 4) is 0 Å². The molecule has 2 saturated heterocycles. The quantitative estimate of drug-likeness (QED) is 0.323. The third-order valence-electron chi connectivity index (χ3n) is 7.60. The molecule has 3 heterocycles. The molecule has 6 nitrogen and oxygen atoms in total. The maximum atomic E-state index is 13.8. The number of piperazine rings is 1. The van der Waals surface area contributed by atoms with Crippen LogP contribution in [-0.4, -0.2) is 66.0 Å². The minimum atomic E-state index is -0.362. The van der Waals surface area contributed by atoms with E-state index in [-0.39, 0.29) is 16.7 Å². The number of benzene rings is 2. The van der Waals surface area contributed by atoms with Gasteiger partial charge in [0.05, 0.1) is 25.7 Å². The maximum absolute atomic E-state index is 13.8. The summed E-state index contributed by atoms with van der Waals surface area (Å²) in [5, 5.41) is 4.41. The van der Waals surface area contributed by atoms with Crippen LogP contribution in [0, 0.1) is 5.82 Å². The molecule has 0 aliphatic carbocycles. The summed E-state index contributed by atoms with van der Waals surface area (Å²) >= 11 is 24.4. The van der Waals surface area contributed by atoms with Crippen molar-refractivity contribution in [1.29, 1.82) is 0 Å². The van der Waals surface area contributed by atoms with Crippen LogP contribution >= 0.6 is 46.4 Å². The summed E-state index contributed by atoms with van der Waals surface area (Å²) in [6.45, 7) is 6.51. The van der Waals surface area contributed by atoms with Gasteiger partial charge in [0.1, 0.15) is 11.6 Å². The van der Waals surface area contributed by atoms with E-state index in [0.29, 0.717) is 39.0 Å². The normalized spacial score (nSPS) is 17.3. The number of amides is 1. The summed E-state index contributed by atoms with van der Waals surface area (Å²) in [4.78, 5) is 24.3. The van der Waals surface area contributed by atoms with Crippen molar-refractivity contribution in [1.82, 2.24) is 20.1 Å². The Kier molecular flexibility index (Phi) is 9.72. The second-order valence-corrected chi connectivity index (χ2v) is 11.9. The Balaban J connectivity index is 1.09. The highest BCUT2D eigenvalue weighted by Gasteiger charge is 2.28. The van der Waals surface area contributed by atoms with Crippen LogP contribution in [0.4, 0.5) is 10.2 Å². The minimum absolute atomic E-state index is 0.163. The van der Waals surface area contributed by atoms with Crippen molar-refractivity contribution in [2.75, 3.05) is 44.2 Å². The molecule has 0 radical (unpaired) electrons. The van der Waals surface area contributed by atoms with Crippen LogP contribution in [0.5, 0.6) is 0 Å². The number of hydrogen-bond acceptors (Lipinski definition) is 5. The van der Waals surface area contributed by atoms with Gasteiger partial charge in [-0.15, -0.1) is 0 Å². The number of pyridine rings is 1. The van der Waals surface area contributed by atoms with E-state index in [1.165, 1.54) is 6.07 Å². The zero-order valence-electron chi connectivity index (χ0n) is 21.9. The fraction of sp³-hybridized carbons (Fsp3) is 0.379. The van der Waals surface area contributed by atoms with Gasteiger partial charge in [-0.3, -0.25) is 14.6 Å². The molecule has 0 atom stereocenters. The first kappa shape index (κ1) is 29.4. The fourth-order valence-electron chi connectivity index (χ4n) is 5.36. The fourth-order valence-corrected chi connectivity index (χ4v) is 6.08. The van der Waals surface area contributed by atoms with Crippen LogP contribution in [0.15, 0.2) is 48.7 Å². The lowest BCUT2D eigenvalue weighted by Crippen LogP contribution is -2.53. The number of likely N-dealkylation sites (tertiary alicyclic amines) is 1. The van der Waals surface area contributed by atoms with E-state index in [4.69, 9.17) is 46.4 Å². The molecule has 2 fully saturated rings. The van der Waals surface area contributed by atoms with Crippen molar-refractivity contribution in [3.63, 3.8) is 0 Å². The average molecular weight is 625 g/mol. The maximum Gasteiger partial charge on any atom is 0.253 e. The Labute approximate surface area is 254 Å². The van der Waals surface area contributed by atoms with Gasteiger partial charge < -0.3 is 10.2 Å². The molecule has 0 saturated carbocycles. The van der Waals surface area contributed by atoms with Gasteiger partial charge >= 0.3 is 0 Å². The Hall–Kier alpha value is -2.13. The lowest BCUT2D eigenvalue weighted by Gasteiger charge is -2.43. The van der Waals surface area contributed by atoms with Gasteiger partial charge in [-0.25, -0.2) is 9.37 Å². The highest BCUT2D eigenvalue weighted by molar-refractivity contribution is 6.42. The average Bonchev–Trinajstić information content (AvgIpc) is 2.96. The predicted molar refractivity (Wildman–Crippen MR) is 160 cm³/mol. The zero-order chi connectivity index (χ0) is 28.2. The minimum Gasteiger partial charge on any atom is -0.353 e. The van der Waals surface area contributed by atoms with E-state index in [0.717, 1.165) is 69.8 Å². The number of carbonyl (C=O) groups excluding carboxylic acids is 1. The molecular weight excluding hydrogens is 595 g/mol. The van der Waals surface area contributed by atoms with Gasteiger partial charge in [0.2, 0.25) is 0 Å². The van der Waals surface area contributed by atoms with E-state index >= 15 is 0 Å². The van der Waals surface area contributed by atoms with E-state index in [1.54, 1.807) is 30.5 Å². The molecular formula is C29H30Cl4FN5O.